The second-order valence-electron chi connectivity index (χ2n) is 7.65. The zero-order valence-corrected chi connectivity index (χ0v) is 16.7. The van der Waals surface area contributed by atoms with Gasteiger partial charge in [0.2, 0.25) is 0 Å². The summed E-state index contributed by atoms with van der Waals surface area (Å²) in [6.07, 6.45) is 5.90. The molecule has 1 aliphatic carbocycles. The summed E-state index contributed by atoms with van der Waals surface area (Å²) in [4.78, 5) is 15.2. The van der Waals surface area contributed by atoms with Crippen LogP contribution in [0.25, 0.3) is 11.3 Å². The van der Waals surface area contributed by atoms with Gasteiger partial charge in [0.05, 0.1) is 13.2 Å². The van der Waals surface area contributed by atoms with Crippen LogP contribution >= 0.6 is 11.6 Å². The standard InChI is InChI=1S/C21H26ClN3O3/c22-17-6-4-5-16(13-17)19-14-18(24-28-19)20(26)23-15-21(7-2-1-3-8-21)25-9-11-27-12-10-25/h4-6,13-14H,1-3,7-12,15H2,(H,23,26). The molecule has 1 amide bonds. The molecule has 1 aliphatic heterocycles. The minimum Gasteiger partial charge on any atom is -0.379 e. The fourth-order valence-electron chi connectivity index (χ4n) is 4.35. The molecule has 0 radical (unpaired) electrons. The Morgan fingerprint density at radius 3 is 2.71 bits per heavy atom. The van der Waals surface area contributed by atoms with Gasteiger partial charge in [0, 0.05) is 41.8 Å². The molecule has 6 nitrogen and oxygen atoms in total. The largest absolute Gasteiger partial charge is 0.379 e. The highest BCUT2D eigenvalue weighted by molar-refractivity contribution is 6.30. The molecule has 7 heteroatoms. The molecule has 1 saturated heterocycles. The van der Waals surface area contributed by atoms with Crippen LogP contribution in [0, 0.1) is 0 Å². The van der Waals surface area contributed by atoms with E-state index in [9.17, 15) is 4.79 Å². The number of amides is 1. The number of hydrogen-bond donors (Lipinski definition) is 1. The van der Waals surface area contributed by atoms with Crippen molar-refractivity contribution in [2.45, 2.75) is 37.6 Å². The number of carbonyl (C=O) groups is 1. The number of hydrogen-bond acceptors (Lipinski definition) is 5. The van der Waals surface area contributed by atoms with Crippen molar-refractivity contribution < 1.29 is 14.1 Å². The number of carbonyl (C=O) groups excluding carboxylic acids is 1. The molecule has 0 atom stereocenters. The van der Waals surface area contributed by atoms with Gasteiger partial charge in [-0.25, -0.2) is 0 Å². The summed E-state index contributed by atoms with van der Waals surface area (Å²) < 4.78 is 10.9. The van der Waals surface area contributed by atoms with Gasteiger partial charge in [0.1, 0.15) is 0 Å². The van der Waals surface area contributed by atoms with Crippen LogP contribution in [-0.4, -0.2) is 54.4 Å². The van der Waals surface area contributed by atoms with Crippen molar-refractivity contribution in [3.05, 3.63) is 41.0 Å². The zero-order valence-electron chi connectivity index (χ0n) is 16.0. The summed E-state index contributed by atoms with van der Waals surface area (Å²) >= 11 is 6.03. The number of rotatable bonds is 5. The first-order chi connectivity index (χ1) is 13.7. The Bertz CT molecular complexity index is 811. The highest BCUT2D eigenvalue weighted by atomic mass is 35.5. The number of halogens is 1. The maximum Gasteiger partial charge on any atom is 0.273 e. The Morgan fingerprint density at radius 1 is 1.18 bits per heavy atom. The molecule has 2 aromatic rings. The van der Waals surface area contributed by atoms with Crippen LogP contribution in [0.15, 0.2) is 34.9 Å². The van der Waals surface area contributed by atoms with Gasteiger partial charge in [-0.15, -0.1) is 0 Å². The molecular formula is C21H26ClN3O3. The zero-order chi connectivity index (χ0) is 19.4. The summed E-state index contributed by atoms with van der Waals surface area (Å²) in [5.74, 6) is 0.337. The van der Waals surface area contributed by atoms with Crippen molar-refractivity contribution in [1.82, 2.24) is 15.4 Å². The van der Waals surface area contributed by atoms with Crippen LogP contribution in [0.2, 0.25) is 5.02 Å². The predicted molar refractivity (Wildman–Crippen MR) is 107 cm³/mol. The third kappa shape index (κ3) is 4.24. The SMILES string of the molecule is O=C(NCC1(N2CCOCC2)CCCCC1)c1cc(-c2cccc(Cl)c2)on1. The van der Waals surface area contributed by atoms with E-state index in [0.717, 1.165) is 44.7 Å². The lowest BCUT2D eigenvalue weighted by atomic mass is 9.79. The molecule has 1 aromatic heterocycles. The van der Waals surface area contributed by atoms with Crippen molar-refractivity contribution in [3.63, 3.8) is 0 Å². The molecule has 4 rings (SSSR count). The van der Waals surface area contributed by atoms with Crippen LogP contribution in [0.4, 0.5) is 0 Å². The van der Waals surface area contributed by atoms with Gasteiger partial charge >= 0.3 is 0 Å². The van der Waals surface area contributed by atoms with Crippen molar-refractivity contribution in [1.29, 1.82) is 0 Å². The first-order valence-electron chi connectivity index (χ1n) is 10.00. The molecule has 28 heavy (non-hydrogen) atoms. The molecule has 1 aromatic carbocycles. The molecule has 1 saturated carbocycles. The van der Waals surface area contributed by atoms with E-state index >= 15 is 0 Å². The molecule has 0 bridgehead atoms. The summed E-state index contributed by atoms with van der Waals surface area (Å²) in [7, 11) is 0. The number of nitrogens with zero attached hydrogens (tertiary/aromatic N) is 2. The minimum atomic E-state index is -0.199. The lowest BCUT2D eigenvalue weighted by Gasteiger charge is -2.48. The minimum absolute atomic E-state index is 0.0250. The lowest BCUT2D eigenvalue weighted by molar-refractivity contribution is -0.0361. The monoisotopic (exact) mass is 403 g/mol. The van der Waals surface area contributed by atoms with Crippen LogP contribution in [0.5, 0.6) is 0 Å². The Morgan fingerprint density at radius 2 is 1.96 bits per heavy atom. The van der Waals surface area contributed by atoms with E-state index in [0.29, 0.717) is 23.0 Å². The number of nitrogens with one attached hydrogen (secondary N) is 1. The highest BCUT2D eigenvalue weighted by Gasteiger charge is 2.39. The molecular weight excluding hydrogens is 378 g/mol. The van der Waals surface area contributed by atoms with Gasteiger partial charge in [-0.2, -0.15) is 0 Å². The second-order valence-corrected chi connectivity index (χ2v) is 8.09. The van der Waals surface area contributed by atoms with Gasteiger partial charge in [0.15, 0.2) is 11.5 Å². The van der Waals surface area contributed by atoms with Gasteiger partial charge in [-0.3, -0.25) is 9.69 Å². The summed E-state index contributed by atoms with van der Waals surface area (Å²) in [5, 5.41) is 7.69. The first kappa shape index (κ1) is 19.4. The molecule has 2 aliphatic rings. The van der Waals surface area contributed by atoms with E-state index in [1.807, 2.05) is 12.1 Å². The Kier molecular flexibility index (Phi) is 5.99. The average Bonchev–Trinajstić information content (AvgIpc) is 3.24. The van der Waals surface area contributed by atoms with E-state index in [1.165, 1.54) is 19.3 Å². The number of morpholine rings is 1. The molecule has 0 unspecified atom stereocenters. The molecule has 2 heterocycles. The third-order valence-electron chi connectivity index (χ3n) is 5.90. The van der Waals surface area contributed by atoms with E-state index in [1.54, 1.807) is 18.2 Å². The molecule has 150 valence electrons. The van der Waals surface area contributed by atoms with E-state index < -0.39 is 0 Å². The van der Waals surface area contributed by atoms with Crippen molar-refractivity contribution >= 4 is 17.5 Å². The maximum atomic E-state index is 12.7. The topological polar surface area (TPSA) is 67.6 Å². The lowest BCUT2D eigenvalue weighted by Crippen LogP contribution is -2.59. The Balaban J connectivity index is 1.44. The summed E-state index contributed by atoms with van der Waals surface area (Å²) in [6.45, 7) is 4.02. The van der Waals surface area contributed by atoms with Crippen molar-refractivity contribution in [3.8, 4) is 11.3 Å². The number of ether oxygens (including phenoxy) is 1. The van der Waals surface area contributed by atoms with Gasteiger partial charge in [-0.05, 0) is 25.0 Å². The van der Waals surface area contributed by atoms with Gasteiger partial charge in [0.25, 0.3) is 5.91 Å². The number of benzene rings is 1. The fraction of sp³-hybridized carbons (Fsp3) is 0.524. The van der Waals surface area contributed by atoms with Crippen LogP contribution in [0.1, 0.15) is 42.6 Å². The predicted octanol–water partition coefficient (Wildman–Crippen LogP) is 3.76. The Hall–Kier alpha value is -1.89. The Labute approximate surface area is 170 Å². The number of aromatic nitrogens is 1. The molecule has 1 N–H and O–H groups in total. The molecule has 2 fully saturated rings. The quantitative estimate of drug-likeness (QED) is 0.823. The van der Waals surface area contributed by atoms with Crippen LogP contribution in [0.3, 0.4) is 0 Å². The van der Waals surface area contributed by atoms with Crippen molar-refractivity contribution in [2.75, 3.05) is 32.8 Å². The average molecular weight is 404 g/mol. The van der Waals surface area contributed by atoms with Gasteiger partial charge in [-0.1, -0.05) is 48.2 Å². The van der Waals surface area contributed by atoms with Gasteiger partial charge < -0.3 is 14.6 Å². The van der Waals surface area contributed by atoms with E-state index in [4.69, 9.17) is 20.9 Å². The fourth-order valence-corrected chi connectivity index (χ4v) is 4.54. The smallest absolute Gasteiger partial charge is 0.273 e. The second kappa shape index (κ2) is 8.64. The first-order valence-corrected chi connectivity index (χ1v) is 10.4. The normalized spacial score (nSPS) is 20.0. The highest BCUT2D eigenvalue weighted by Crippen LogP contribution is 2.34. The van der Waals surface area contributed by atoms with Crippen LogP contribution < -0.4 is 5.32 Å². The maximum absolute atomic E-state index is 12.7. The van der Waals surface area contributed by atoms with E-state index in [-0.39, 0.29) is 11.4 Å². The van der Waals surface area contributed by atoms with Crippen LogP contribution in [-0.2, 0) is 4.74 Å². The summed E-state index contributed by atoms with van der Waals surface area (Å²) in [5.41, 5.74) is 1.12. The van der Waals surface area contributed by atoms with Crippen molar-refractivity contribution in [2.24, 2.45) is 0 Å². The summed E-state index contributed by atoms with van der Waals surface area (Å²) in [6, 6.07) is 8.98. The molecule has 0 spiro atoms. The van der Waals surface area contributed by atoms with E-state index in [2.05, 4.69) is 15.4 Å². The third-order valence-corrected chi connectivity index (χ3v) is 6.13.